The molecule has 0 amide bonds. The van der Waals surface area contributed by atoms with Crippen LogP contribution in [0.25, 0.3) is 10.8 Å². The Balaban J connectivity index is 1.50. The topological polar surface area (TPSA) is 43.4 Å². The van der Waals surface area contributed by atoms with Crippen molar-refractivity contribution in [3.8, 4) is 5.75 Å². The van der Waals surface area contributed by atoms with Gasteiger partial charge in [0, 0.05) is 35.9 Å². The Morgan fingerprint density at radius 3 is 2.23 bits per heavy atom. The zero-order chi connectivity index (χ0) is 32.0. The maximum absolute atomic E-state index is 15.6. The van der Waals surface area contributed by atoms with Crippen LogP contribution in [0, 0.1) is 11.6 Å². The fourth-order valence-electron chi connectivity index (χ4n) is 4.78. The van der Waals surface area contributed by atoms with Crippen molar-refractivity contribution < 1.29 is 44.3 Å². The molecule has 4 nitrogen and oxygen atoms in total. The molecule has 236 valence electrons. The van der Waals surface area contributed by atoms with Crippen molar-refractivity contribution in [1.29, 1.82) is 0 Å². The number of hydrogen-bond acceptors (Lipinski definition) is 4. The lowest BCUT2D eigenvalue weighted by Crippen LogP contribution is -2.46. The zero-order valence-electron chi connectivity index (χ0n) is 24.4. The van der Waals surface area contributed by atoms with E-state index < -0.39 is 56.5 Å². The van der Waals surface area contributed by atoms with Crippen LogP contribution >= 0.6 is 0 Å². The molecular weight excluding hydrogens is 600 g/mol. The van der Waals surface area contributed by atoms with E-state index >= 15 is 4.39 Å². The second-order valence-electron chi connectivity index (χ2n) is 12.5. The number of nitrogens with one attached hydrogen (secondary N) is 1. The monoisotopic (exact) mass is 634 g/mol. The van der Waals surface area contributed by atoms with Gasteiger partial charge in [0.25, 0.3) is 0 Å². The van der Waals surface area contributed by atoms with Crippen molar-refractivity contribution in [2.24, 2.45) is 0 Å². The third-order valence-electron chi connectivity index (χ3n) is 8.24. The van der Waals surface area contributed by atoms with Gasteiger partial charge in [0.05, 0.1) is 18.1 Å². The number of pyridine rings is 1. The van der Waals surface area contributed by atoms with E-state index in [0.29, 0.717) is 35.7 Å². The summed E-state index contributed by atoms with van der Waals surface area (Å²) in [6.07, 6.45) is -8.85. The van der Waals surface area contributed by atoms with Gasteiger partial charge in [-0.2, -0.15) is 26.3 Å². The first kappa shape index (κ1) is 33.1. The van der Waals surface area contributed by atoms with Crippen LogP contribution in [0.4, 0.5) is 35.1 Å². The van der Waals surface area contributed by atoms with Crippen LogP contribution in [0.2, 0.25) is 18.1 Å². The fraction of sp³-hybridized carbons (Fsp3) is 0.500. The Morgan fingerprint density at radius 2 is 1.63 bits per heavy atom. The summed E-state index contributed by atoms with van der Waals surface area (Å²) in [6, 6.07) is 4.95. The van der Waals surface area contributed by atoms with Gasteiger partial charge < -0.3 is 14.5 Å². The second kappa shape index (κ2) is 12.0. The number of rotatable bonds is 9. The molecule has 3 aromatic rings. The minimum absolute atomic E-state index is 0.0474. The molecule has 1 heterocycles. The number of halogens is 8. The van der Waals surface area contributed by atoms with Gasteiger partial charge in [-0.15, -0.1) is 0 Å². The number of ether oxygens (including phenoxy) is 1. The van der Waals surface area contributed by atoms with E-state index in [2.05, 4.69) is 10.3 Å². The summed E-state index contributed by atoms with van der Waals surface area (Å²) in [5, 5.41) is 3.57. The number of benzene rings is 2. The summed E-state index contributed by atoms with van der Waals surface area (Å²) in [4.78, 5) is 4.09. The molecule has 0 saturated heterocycles. The minimum Gasteiger partial charge on any atom is -0.490 e. The minimum atomic E-state index is -4.85. The molecule has 1 aliphatic rings. The van der Waals surface area contributed by atoms with Gasteiger partial charge in [-0.1, -0.05) is 20.8 Å². The summed E-state index contributed by atoms with van der Waals surface area (Å²) < 4.78 is 121. The van der Waals surface area contributed by atoms with Crippen LogP contribution in [0.3, 0.4) is 0 Å². The van der Waals surface area contributed by atoms with Crippen LogP contribution in [-0.2, 0) is 17.1 Å². The number of hydrogen-bond donors (Lipinski definition) is 1. The summed E-state index contributed by atoms with van der Waals surface area (Å²) in [5.41, 5.74) is -1.08. The van der Waals surface area contributed by atoms with Crippen molar-refractivity contribution >= 4 is 19.1 Å². The van der Waals surface area contributed by atoms with E-state index in [1.807, 2.05) is 33.9 Å². The van der Waals surface area contributed by atoms with Gasteiger partial charge in [0.2, 0.25) is 0 Å². The normalized spacial score (nSPS) is 18.9. The van der Waals surface area contributed by atoms with Crippen LogP contribution in [0.15, 0.2) is 42.7 Å². The third kappa shape index (κ3) is 7.85. The predicted molar refractivity (Wildman–Crippen MR) is 149 cm³/mol. The molecule has 43 heavy (non-hydrogen) atoms. The Labute approximate surface area is 245 Å². The number of fused-ring (bicyclic) bond motifs is 1. The maximum Gasteiger partial charge on any atom is 0.419 e. The van der Waals surface area contributed by atoms with E-state index in [-0.39, 0.29) is 34.5 Å². The summed E-state index contributed by atoms with van der Waals surface area (Å²) in [5.74, 6) is -2.18. The van der Waals surface area contributed by atoms with Gasteiger partial charge >= 0.3 is 12.4 Å². The molecule has 0 spiro atoms. The molecule has 1 atom stereocenters. The highest BCUT2D eigenvalue weighted by atomic mass is 28.4. The van der Waals surface area contributed by atoms with Crippen molar-refractivity contribution in [3.05, 3.63) is 71.1 Å². The predicted octanol–water partition coefficient (Wildman–Crippen LogP) is 9.25. The van der Waals surface area contributed by atoms with Crippen LogP contribution < -0.4 is 10.1 Å². The molecule has 4 rings (SSSR count). The third-order valence-corrected chi connectivity index (χ3v) is 12.7. The highest BCUT2D eigenvalue weighted by Crippen LogP contribution is 2.44. The molecule has 0 aliphatic heterocycles. The molecule has 0 radical (unpaired) electrons. The lowest BCUT2D eigenvalue weighted by Gasteiger charge is -2.40. The first-order chi connectivity index (χ1) is 19.7. The van der Waals surface area contributed by atoms with Gasteiger partial charge in [0.15, 0.2) is 8.32 Å². The fourth-order valence-corrected chi connectivity index (χ4v) is 6.06. The van der Waals surface area contributed by atoms with E-state index in [1.54, 1.807) is 6.07 Å². The molecule has 2 aromatic carbocycles. The number of alkyl halides is 6. The van der Waals surface area contributed by atoms with Gasteiger partial charge in [0.1, 0.15) is 23.5 Å². The van der Waals surface area contributed by atoms with E-state index in [9.17, 15) is 30.7 Å². The van der Waals surface area contributed by atoms with Crippen LogP contribution in [-0.4, -0.2) is 31.6 Å². The smallest absolute Gasteiger partial charge is 0.419 e. The highest BCUT2D eigenvalue weighted by Gasteiger charge is 2.43. The molecule has 0 bridgehead atoms. The van der Waals surface area contributed by atoms with Crippen LogP contribution in [0.5, 0.6) is 5.75 Å². The van der Waals surface area contributed by atoms with Crippen molar-refractivity contribution in [1.82, 2.24) is 10.3 Å². The molecule has 1 fully saturated rings. The molecule has 1 saturated carbocycles. The lowest BCUT2D eigenvalue weighted by atomic mass is 9.88. The molecule has 13 heteroatoms. The summed E-state index contributed by atoms with van der Waals surface area (Å²) >= 11 is 0. The molecular formula is C30H34F8N2O2Si. The quantitative estimate of drug-likeness (QED) is 0.188. The van der Waals surface area contributed by atoms with Crippen molar-refractivity contribution in [2.75, 3.05) is 0 Å². The number of aromatic nitrogens is 1. The molecule has 1 N–H and O–H groups in total. The van der Waals surface area contributed by atoms with Gasteiger partial charge in [-0.25, -0.2) is 8.78 Å². The van der Waals surface area contributed by atoms with Crippen LogP contribution in [0.1, 0.15) is 62.8 Å². The van der Waals surface area contributed by atoms with Crippen molar-refractivity contribution in [2.45, 2.75) is 95.3 Å². The Kier molecular flexibility index (Phi) is 9.21. The Morgan fingerprint density at radius 1 is 0.953 bits per heavy atom. The SMILES string of the molecule is CC(C)(C)[Si](C)(C)OC(CC(F)(F)F)c1cc(F)c(CN[C@H]2C[C@H](Oc3ccc(F)c(C(F)(F)F)c3)C2)c2ccncc12. The second-order valence-corrected chi connectivity index (χ2v) is 17.2. The van der Waals surface area contributed by atoms with E-state index in [0.717, 1.165) is 12.1 Å². The first-order valence-corrected chi connectivity index (χ1v) is 16.7. The average molecular weight is 635 g/mol. The summed E-state index contributed by atoms with van der Waals surface area (Å²) in [6.45, 7) is 9.46. The number of nitrogens with zero attached hydrogens (tertiary/aromatic N) is 1. The highest BCUT2D eigenvalue weighted by molar-refractivity contribution is 6.74. The van der Waals surface area contributed by atoms with Crippen molar-refractivity contribution in [3.63, 3.8) is 0 Å². The Hall–Kier alpha value is -2.77. The summed E-state index contributed by atoms with van der Waals surface area (Å²) in [7, 11) is -2.69. The van der Waals surface area contributed by atoms with Gasteiger partial charge in [-0.05, 0) is 72.3 Å². The first-order valence-electron chi connectivity index (χ1n) is 13.8. The molecule has 1 unspecified atom stereocenters. The van der Waals surface area contributed by atoms with Gasteiger partial charge in [-0.3, -0.25) is 4.98 Å². The largest absolute Gasteiger partial charge is 0.490 e. The zero-order valence-corrected chi connectivity index (χ0v) is 25.4. The van der Waals surface area contributed by atoms with E-state index in [4.69, 9.17) is 9.16 Å². The maximum atomic E-state index is 15.6. The standard InChI is InChI=1S/C30H34F8N2O2Si/c1-28(2,3)43(4,5)42-27(14-29(33,34)35)21-13-26(32)23(20-8-9-39-15-22(20)21)16-40-17-10-19(11-17)41-18-6-7-25(31)24(12-18)30(36,37)38/h6-9,12-13,15,17,19,27,40H,10-11,14,16H2,1-5H3/t17-,19-,27?. The Bertz CT molecular complexity index is 1450. The lowest BCUT2D eigenvalue weighted by molar-refractivity contribution is -0.152. The van der Waals surface area contributed by atoms with E-state index in [1.165, 1.54) is 12.4 Å². The molecule has 1 aromatic heterocycles. The molecule has 1 aliphatic carbocycles. The average Bonchev–Trinajstić information content (AvgIpc) is 2.84.